The molecule has 0 amide bonds. The van der Waals surface area contributed by atoms with Gasteiger partial charge in [0.05, 0.1) is 41.3 Å². The van der Waals surface area contributed by atoms with Crippen LogP contribution in [0.15, 0.2) is 42.6 Å². The number of thioether (sulfide) groups is 1. The van der Waals surface area contributed by atoms with Crippen molar-refractivity contribution >= 4 is 28.4 Å². The number of nitrogens with one attached hydrogen (secondary N) is 2. The lowest BCUT2D eigenvalue weighted by Crippen LogP contribution is -2.42. The van der Waals surface area contributed by atoms with Crippen LogP contribution in [0.4, 0.5) is 18.9 Å². The zero-order chi connectivity index (χ0) is 29.5. The summed E-state index contributed by atoms with van der Waals surface area (Å²) < 4.78 is 41.6. The summed E-state index contributed by atoms with van der Waals surface area (Å²) in [4.78, 5) is 6.84. The van der Waals surface area contributed by atoms with Crippen LogP contribution in [0, 0.1) is 23.2 Å². The molecule has 2 aromatic heterocycles. The van der Waals surface area contributed by atoms with Crippen LogP contribution in [-0.2, 0) is 18.5 Å². The van der Waals surface area contributed by atoms with Crippen molar-refractivity contribution in [2.45, 2.75) is 57.4 Å². The van der Waals surface area contributed by atoms with Crippen LogP contribution in [0.3, 0.4) is 0 Å². The highest BCUT2D eigenvalue weighted by atomic mass is 32.2. The van der Waals surface area contributed by atoms with Gasteiger partial charge < -0.3 is 20.1 Å². The molecular formula is C31H37F3N6S. The fourth-order valence-electron chi connectivity index (χ4n) is 4.93. The largest absolute Gasteiger partial charge is 0.406 e. The van der Waals surface area contributed by atoms with Gasteiger partial charge in [-0.15, -0.1) is 0 Å². The molecule has 0 saturated carbocycles. The third-order valence-electron chi connectivity index (χ3n) is 7.38. The van der Waals surface area contributed by atoms with Crippen molar-refractivity contribution in [2.24, 2.45) is 0 Å². The average Bonchev–Trinajstić information content (AvgIpc) is 3.28. The molecule has 1 aliphatic heterocycles. The number of pyridine rings is 1. The van der Waals surface area contributed by atoms with E-state index < -0.39 is 18.1 Å². The molecule has 3 heterocycles. The maximum absolute atomic E-state index is 13.5. The van der Waals surface area contributed by atoms with Gasteiger partial charge in [0.2, 0.25) is 0 Å². The van der Waals surface area contributed by atoms with Gasteiger partial charge in [-0.05, 0) is 87.9 Å². The van der Waals surface area contributed by atoms with Crippen molar-refractivity contribution in [1.29, 1.82) is 5.26 Å². The summed E-state index contributed by atoms with van der Waals surface area (Å²) in [6, 6.07) is 13.6. The Morgan fingerprint density at radius 2 is 1.90 bits per heavy atom. The predicted octanol–water partition coefficient (Wildman–Crippen LogP) is 5.78. The van der Waals surface area contributed by atoms with E-state index in [1.165, 1.54) is 4.57 Å². The minimum Gasteiger partial charge on any atom is -0.373 e. The minimum atomic E-state index is -4.36. The Morgan fingerprint density at radius 3 is 2.56 bits per heavy atom. The van der Waals surface area contributed by atoms with E-state index in [1.807, 2.05) is 30.0 Å². The smallest absolute Gasteiger partial charge is 0.373 e. The topological polar surface area (TPSA) is 68.9 Å². The number of benzene rings is 1. The van der Waals surface area contributed by atoms with Gasteiger partial charge in [-0.3, -0.25) is 4.98 Å². The second-order valence-electron chi connectivity index (χ2n) is 10.9. The Labute approximate surface area is 244 Å². The minimum absolute atomic E-state index is 0.238. The summed E-state index contributed by atoms with van der Waals surface area (Å²) in [7, 11) is 0. The molecule has 1 aliphatic rings. The molecule has 6 nitrogen and oxygen atoms in total. The first-order valence-corrected chi connectivity index (χ1v) is 15.2. The average molecular weight is 583 g/mol. The molecule has 218 valence electrons. The van der Waals surface area contributed by atoms with Crippen molar-refractivity contribution in [3.8, 4) is 17.9 Å². The van der Waals surface area contributed by atoms with E-state index in [1.54, 1.807) is 38.2 Å². The van der Waals surface area contributed by atoms with Crippen LogP contribution in [-0.4, -0.2) is 64.9 Å². The monoisotopic (exact) mass is 582 g/mol. The fraction of sp³-hybridized carbons (Fsp3) is 0.484. The molecule has 0 bridgehead atoms. The number of hydrogen-bond donors (Lipinski definition) is 2. The van der Waals surface area contributed by atoms with E-state index in [-0.39, 0.29) is 6.54 Å². The van der Waals surface area contributed by atoms with E-state index in [0.717, 1.165) is 54.9 Å². The first-order chi connectivity index (χ1) is 19.6. The third-order valence-corrected chi connectivity index (χ3v) is 7.97. The number of aromatic nitrogens is 2. The lowest BCUT2D eigenvalue weighted by molar-refractivity contribution is -0.140. The van der Waals surface area contributed by atoms with Crippen LogP contribution in [0.1, 0.15) is 43.6 Å². The van der Waals surface area contributed by atoms with Crippen LogP contribution in [0.2, 0.25) is 0 Å². The molecule has 0 aliphatic carbocycles. The first-order valence-electron chi connectivity index (χ1n) is 13.8. The molecule has 41 heavy (non-hydrogen) atoms. The van der Waals surface area contributed by atoms with E-state index in [0.29, 0.717) is 29.5 Å². The molecule has 0 unspecified atom stereocenters. The lowest BCUT2D eigenvalue weighted by atomic mass is 9.91. The maximum atomic E-state index is 13.5. The number of rotatable bonds is 10. The number of halogens is 3. The Hall–Kier alpha value is -3.18. The van der Waals surface area contributed by atoms with Gasteiger partial charge in [0, 0.05) is 35.8 Å². The van der Waals surface area contributed by atoms with Gasteiger partial charge in [0.25, 0.3) is 0 Å². The molecule has 1 aromatic carbocycles. The summed E-state index contributed by atoms with van der Waals surface area (Å²) in [5.41, 5.74) is 2.58. The van der Waals surface area contributed by atoms with Gasteiger partial charge in [0.1, 0.15) is 6.54 Å². The summed E-state index contributed by atoms with van der Waals surface area (Å²) in [5.74, 6) is 7.03. The summed E-state index contributed by atoms with van der Waals surface area (Å²) in [6.07, 6.45) is 1.60. The van der Waals surface area contributed by atoms with Crippen molar-refractivity contribution in [2.75, 3.05) is 43.5 Å². The molecule has 1 saturated heterocycles. The number of alkyl halides is 3. The molecule has 0 atom stereocenters. The van der Waals surface area contributed by atoms with Crippen molar-refractivity contribution in [3.05, 3.63) is 59.5 Å². The number of fused-ring (bicyclic) bond motifs is 1. The number of hydrogen-bond acceptors (Lipinski definition) is 6. The second kappa shape index (κ2) is 13.7. The Morgan fingerprint density at radius 1 is 1.12 bits per heavy atom. The highest BCUT2D eigenvalue weighted by Crippen LogP contribution is 2.27. The molecule has 0 radical (unpaired) electrons. The van der Waals surface area contributed by atoms with E-state index in [4.69, 9.17) is 0 Å². The molecule has 3 aromatic rings. The zero-order valence-electron chi connectivity index (χ0n) is 23.8. The predicted molar refractivity (Wildman–Crippen MR) is 161 cm³/mol. The van der Waals surface area contributed by atoms with Gasteiger partial charge in [-0.25, -0.2) is 0 Å². The van der Waals surface area contributed by atoms with Crippen molar-refractivity contribution in [1.82, 2.24) is 19.8 Å². The summed E-state index contributed by atoms with van der Waals surface area (Å²) in [5, 5.41) is 16.8. The molecular weight excluding hydrogens is 545 g/mol. The zero-order valence-corrected chi connectivity index (χ0v) is 24.6. The van der Waals surface area contributed by atoms with Gasteiger partial charge in [-0.2, -0.15) is 30.2 Å². The lowest BCUT2D eigenvalue weighted by Gasteiger charge is -2.32. The van der Waals surface area contributed by atoms with Gasteiger partial charge >= 0.3 is 6.18 Å². The molecule has 4 rings (SSSR count). The highest BCUT2D eigenvalue weighted by molar-refractivity contribution is 7.98. The van der Waals surface area contributed by atoms with Crippen molar-refractivity contribution in [3.63, 3.8) is 0 Å². The van der Waals surface area contributed by atoms with Crippen LogP contribution < -0.4 is 10.6 Å². The first kappa shape index (κ1) is 30.8. The van der Waals surface area contributed by atoms with Crippen molar-refractivity contribution < 1.29 is 13.2 Å². The van der Waals surface area contributed by atoms with Crippen LogP contribution in [0.5, 0.6) is 0 Å². The standard InChI is InChI=1S/C31H37F3N6S/c1-30(2,21-35)29-9-7-26(20-38-29)36-12-4-5-27-18-24-17-23(6-8-28(24)40(27)22-31(32,33)34)19-37-25-10-13-39(14-11-25)15-16-41-3/h6-9,17-18,20,25,36-37H,10-16,19,22H2,1-3H3. The molecule has 2 N–H and O–H groups in total. The molecule has 0 spiro atoms. The molecule has 1 fully saturated rings. The second-order valence-corrected chi connectivity index (χ2v) is 11.9. The molecule has 10 heteroatoms. The van der Waals surface area contributed by atoms with Gasteiger partial charge in [-0.1, -0.05) is 12.0 Å². The Kier molecular flexibility index (Phi) is 10.2. The van der Waals surface area contributed by atoms with E-state index in [2.05, 4.69) is 44.7 Å². The number of likely N-dealkylation sites (tertiary alicyclic amines) is 1. The number of anilines is 1. The van der Waals surface area contributed by atoms with Crippen LogP contribution in [0.25, 0.3) is 10.9 Å². The normalized spacial score (nSPS) is 15.0. The number of nitriles is 1. The van der Waals surface area contributed by atoms with Crippen LogP contribution >= 0.6 is 11.8 Å². The third kappa shape index (κ3) is 8.65. The number of piperidine rings is 1. The Bertz CT molecular complexity index is 1400. The van der Waals surface area contributed by atoms with Gasteiger partial charge in [0.15, 0.2) is 0 Å². The SMILES string of the molecule is CSCCN1CCC(NCc2ccc3c(c2)cc(C#CCNc2ccc(C(C)(C)C#N)nc2)n3CC(F)(F)F)CC1. The fourth-order valence-corrected chi connectivity index (χ4v) is 5.37. The quantitative estimate of drug-likeness (QED) is 0.296. The van der Waals surface area contributed by atoms with E-state index in [9.17, 15) is 18.4 Å². The van der Waals surface area contributed by atoms with E-state index >= 15 is 0 Å². The summed E-state index contributed by atoms with van der Waals surface area (Å²) >= 11 is 1.87. The number of nitrogens with zero attached hydrogens (tertiary/aromatic N) is 4. The Balaban J connectivity index is 1.41. The maximum Gasteiger partial charge on any atom is 0.406 e. The summed E-state index contributed by atoms with van der Waals surface area (Å²) in [6.45, 7) is 6.73. The highest BCUT2D eigenvalue weighted by Gasteiger charge is 2.29.